The Hall–Kier alpha value is -3.55. The molecule has 0 saturated carbocycles. The van der Waals surface area contributed by atoms with E-state index in [2.05, 4.69) is 5.32 Å². The molecule has 0 aliphatic carbocycles. The number of nitro groups is 1. The molecule has 28 heavy (non-hydrogen) atoms. The molecular weight excluding hydrogens is 364 g/mol. The number of allylic oxidation sites excluding steroid dienone is 1. The minimum Gasteiger partial charge on any atom is -0.493 e. The van der Waals surface area contributed by atoms with E-state index >= 15 is 0 Å². The number of carbonyl (C=O) groups is 1. The van der Waals surface area contributed by atoms with Gasteiger partial charge in [0.05, 0.1) is 26.3 Å². The van der Waals surface area contributed by atoms with Gasteiger partial charge in [0.25, 0.3) is 0 Å². The first-order chi connectivity index (χ1) is 13.4. The summed E-state index contributed by atoms with van der Waals surface area (Å²) in [5, 5.41) is 13.8. The van der Waals surface area contributed by atoms with Gasteiger partial charge in [-0.2, -0.15) is 0 Å². The van der Waals surface area contributed by atoms with Gasteiger partial charge < -0.3 is 19.5 Å². The highest BCUT2D eigenvalue weighted by Crippen LogP contribution is 2.30. The summed E-state index contributed by atoms with van der Waals surface area (Å²) in [7, 11) is 4.46. The van der Waals surface area contributed by atoms with Gasteiger partial charge in [0.2, 0.25) is 5.91 Å². The number of rotatable bonds is 8. The van der Waals surface area contributed by atoms with Crippen LogP contribution in [-0.4, -0.2) is 32.2 Å². The lowest BCUT2D eigenvalue weighted by Gasteiger charge is -2.10. The van der Waals surface area contributed by atoms with Crippen molar-refractivity contribution >= 4 is 17.2 Å². The number of benzene rings is 2. The second-order valence-electron chi connectivity index (χ2n) is 5.88. The van der Waals surface area contributed by atoms with Crippen LogP contribution in [0.15, 0.2) is 42.5 Å². The van der Waals surface area contributed by atoms with Gasteiger partial charge in [-0.3, -0.25) is 14.9 Å². The lowest BCUT2D eigenvalue weighted by Crippen LogP contribution is -2.20. The number of methoxy groups -OCH3 is 3. The van der Waals surface area contributed by atoms with E-state index in [4.69, 9.17) is 14.2 Å². The fraction of sp³-hybridized carbons (Fsp3) is 0.250. The summed E-state index contributed by atoms with van der Waals surface area (Å²) in [5.74, 6) is 1.05. The lowest BCUT2D eigenvalue weighted by molar-refractivity contribution is -0.385. The largest absolute Gasteiger partial charge is 0.493 e. The van der Waals surface area contributed by atoms with Gasteiger partial charge in [-0.15, -0.1) is 0 Å². The molecule has 8 heteroatoms. The van der Waals surface area contributed by atoms with Gasteiger partial charge in [0, 0.05) is 18.7 Å². The molecule has 0 saturated heterocycles. The molecule has 2 aromatic rings. The molecule has 0 fully saturated rings. The van der Waals surface area contributed by atoms with Crippen molar-refractivity contribution in [3.8, 4) is 17.2 Å². The molecule has 0 atom stereocenters. The van der Waals surface area contributed by atoms with E-state index in [1.54, 1.807) is 39.3 Å². The molecule has 0 aromatic heterocycles. The van der Waals surface area contributed by atoms with Crippen LogP contribution in [0, 0.1) is 10.1 Å². The molecule has 8 nitrogen and oxygen atoms in total. The van der Waals surface area contributed by atoms with Gasteiger partial charge in [-0.25, -0.2) is 0 Å². The molecule has 1 amide bonds. The zero-order valence-electron chi connectivity index (χ0n) is 16.1. The Kier molecular flexibility index (Phi) is 6.97. The number of nitrogens with zero attached hydrogens (tertiary/aromatic N) is 1. The average molecular weight is 386 g/mol. The van der Waals surface area contributed by atoms with Crippen molar-refractivity contribution in [3.63, 3.8) is 0 Å². The van der Waals surface area contributed by atoms with Gasteiger partial charge in [-0.1, -0.05) is 6.07 Å². The Morgan fingerprint density at radius 1 is 1.04 bits per heavy atom. The third kappa shape index (κ3) is 5.00. The molecule has 0 bridgehead atoms. The van der Waals surface area contributed by atoms with E-state index in [1.807, 2.05) is 6.07 Å². The van der Waals surface area contributed by atoms with Gasteiger partial charge in [-0.05, 0) is 47.9 Å². The summed E-state index contributed by atoms with van der Waals surface area (Å²) < 4.78 is 15.5. The Balaban J connectivity index is 2.09. The molecule has 0 aliphatic rings. The Morgan fingerprint density at radius 2 is 1.71 bits per heavy atom. The topological polar surface area (TPSA) is 99.9 Å². The van der Waals surface area contributed by atoms with E-state index in [1.165, 1.54) is 25.3 Å². The lowest BCUT2D eigenvalue weighted by atomic mass is 10.1. The summed E-state index contributed by atoms with van der Waals surface area (Å²) in [4.78, 5) is 22.7. The van der Waals surface area contributed by atoms with Crippen molar-refractivity contribution < 1.29 is 23.9 Å². The fourth-order valence-electron chi connectivity index (χ4n) is 2.58. The Morgan fingerprint density at radius 3 is 2.32 bits per heavy atom. The van der Waals surface area contributed by atoms with E-state index < -0.39 is 4.92 Å². The van der Waals surface area contributed by atoms with Crippen LogP contribution in [-0.2, 0) is 11.3 Å². The van der Waals surface area contributed by atoms with Crippen LogP contribution in [0.3, 0.4) is 0 Å². The molecule has 0 unspecified atom stereocenters. The van der Waals surface area contributed by atoms with Crippen LogP contribution >= 0.6 is 0 Å². The van der Waals surface area contributed by atoms with Crippen LogP contribution in [0.25, 0.3) is 5.57 Å². The van der Waals surface area contributed by atoms with Crippen molar-refractivity contribution in [2.24, 2.45) is 0 Å². The van der Waals surface area contributed by atoms with Crippen molar-refractivity contribution in [1.82, 2.24) is 5.32 Å². The molecule has 1 N–H and O–H groups in total. The summed E-state index contributed by atoms with van der Waals surface area (Å²) in [6, 6.07) is 9.85. The Bertz CT molecular complexity index is 908. The maximum absolute atomic E-state index is 12.2. The number of amides is 1. The predicted octanol–water partition coefficient (Wildman–Crippen LogP) is 3.34. The third-order valence-corrected chi connectivity index (χ3v) is 4.09. The first-order valence-corrected chi connectivity index (χ1v) is 8.39. The van der Waals surface area contributed by atoms with Gasteiger partial charge in [0.15, 0.2) is 17.2 Å². The first kappa shape index (κ1) is 20.8. The number of nitro benzene ring substituents is 1. The monoisotopic (exact) mass is 386 g/mol. The maximum Gasteiger partial charge on any atom is 0.310 e. The average Bonchev–Trinajstić information content (AvgIpc) is 2.71. The second kappa shape index (κ2) is 9.40. The molecule has 2 aromatic carbocycles. The minimum atomic E-state index is -0.516. The number of ether oxygens (including phenoxy) is 3. The van der Waals surface area contributed by atoms with Crippen LogP contribution in [0.1, 0.15) is 18.1 Å². The zero-order chi connectivity index (χ0) is 20.7. The van der Waals surface area contributed by atoms with Crippen molar-refractivity contribution in [2.45, 2.75) is 13.5 Å². The van der Waals surface area contributed by atoms with Gasteiger partial charge in [0.1, 0.15) is 0 Å². The summed E-state index contributed by atoms with van der Waals surface area (Å²) in [6.45, 7) is 2.06. The summed E-state index contributed by atoms with van der Waals surface area (Å²) in [6.07, 6.45) is 1.43. The quantitative estimate of drug-likeness (QED) is 0.424. The van der Waals surface area contributed by atoms with E-state index in [0.717, 1.165) is 5.56 Å². The standard InChI is InChI=1S/C20H22N2O6/c1-13(15-6-7-16(22(24)25)18(11-15)27-3)9-20(23)21-12-14-5-8-17(26-2)19(10-14)28-4/h5-11H,12H2,1-4H3,(H,21,23). The molecule has 2 rings (SSSR count). The van der Waals surface area contributed by atoms with Crippen LogP contribution in [0.5, 0.6) is 17.2 Å². The normalized spacial score (nSPS) is 10.9. The molecule has 0 spiro atoms. The Labute approximate surface area is 162 Å². The number of nitrogens with one attached hydrogen (secondary N) is 1. The highest BCUT2D eigenvalue weighted by atomic mass is 16.6. The maximum atomic E-state index is 12.2. The number of carbonyl (C=O) groups excluding carboxylic acids is 1. The smallest absolute Gasteiger partial charge is 0.310 e. The predicted molar refractivity (Wildman–Crippen MR) is 105 cm³/mol. The molecule has 0 heterocycles. The highest BCUT2D eigenvalue weighted by molar-refractivity contribution is 5.95. The van der Waals surface area contributed by atoms with Crippen LogP contribution < -0.4 is 19.5 Å². The zero-order valence-corrected chi connectivity index (χ0v) is 16.1. The summed E-state index contributed by atoms with van der Waals surface area (Å²) in [5.41, 5.74) is 2.03. The SMILES string of the molecule is COc1ccc(CNC(=O)C=C(C)c2ccc([N+](=O)[O-])c(OC)c2)cc1OC. The molecular formula is C20H22N2O6. The van der Waals surface area contributed by atoms with Crippen LogP contribution in [0.4, 0.5) is 5.69 Å². The minimum absolute atomic E-state index is 0.128. The van der Waals surface area contributed by atoms with Crippen molar-refractivity contribution in [2.75, 3.05) is 21.3 Å². The van der Waals surface area contributed by atoms with Crippen molar-refractivity contribution in [3.05, 3.63) is 63.7 Å². The summed E-state index contributed by atoms with van der Waals surface area (Å²) >= 11 is 0. The van der Waals surface area contributed by atoms with Crippen LogP contribution in [0.2, 0.25) is 0 Å². The number of hydrogen-bond donors (Lipinski definition) is 1. The fourth-order valence-corrected chi connectivity index (χ4v) is 2.58. The highest BCUT2D eigenvalue weighted by Gasteiger charge is 2.15. The third-order valence-electron chi connectivity index (χ3n) is 4.09. The van der Waals surface area contributed by atoms with E-state index in [-0.39, 0.29) is 17.3 Å². The van der Waals surface area contributed by atoms with Crippen molar-refractivity contribution in [1.29, 1.82) is 0 Å². The molecule has 0 radical (unpaired) electrons. The second-order valence-corrected chi connectivity index (χ2v) is 5.88. The van der Waals surface area contributed by atoms with E-state index in [9.17, 15) is 14.9 Å². The van der Waals surface area contributed by atoms with E-state index in [0.29, 0.717) is 29.2 Å². The first-order valence-electron chi connectivity index (χ1n) is 8.39. The molecule has 0 aliphatic heterocycles. The number of hydrogen-bond acceptors (Lipinski definition) is 6. The molecule has 148 valence electrons. The van der Waals surface area contributed by atoms with Gasteiger partial charge >= 0.3 is 5.69 Å².